The number of likely N-dealkylation sites (tertiary alicyclic amines) is 1. The maximum absolute atomic E-state index is 13.5. The largest absolute Gasteiger partial charge is 0.388 e. The Labute approximate surface area is 104 Å². The van der Waals surface area contributed by atoms with Gasteiger partial charge in [0.05, 0.1) is 11.2 Å². The number of benzene rings is 1. The Morgan fingerprint density at radius 3 is 2.83 bits per heavy atom. The number of β-amino-alcohol motifs (C(OH)–C–C–N with tert-alkyl or cyclic N) is 1. The summed E-state index contributed by atoms with van der Waals surface area (Å²) in [7, 11) is 0. The summed E-state index contributed by atoms with van der Waals surface area (Å²) in [6.45, 7) is 2.22. The summed E-state index contributed by atoms with van der Waals surface area (Å²) in [5.74, 6) is -1.97. The summed E-state index contributed by atoms with van der Waals surface area (Å²) in [6, 6.07) is 2.80. The van der Waals surface area contributed by atoms with E-state index in [2.05, 4.69) is 0 Å². The van der Waals surface area contributed by atoms with Crippen LogP contribution in [-0.4, -0.2) is 34.6 Å². The Kier molecular flexibility index (Phi) is 3.34. The van der Waals surface area contributed by atoms with E-state index in [1.165, 1.54) is 4.90 Å². The summed E-state index contributed by atoms with van der Waals surface area (Å²) >= 11 is 0. The maximum atomic E-state index is 13.5. The van der Waals surface area contributed by atoms with Gasteiger partial charge in [0, 0.05) is 13.1 Å². The predicted molar refractivity (Wildman–Crippen MR) is 62.1 cm³/mol. The van der Waals surface area contributed by atoms with Crippen LogP contribution in [0.3, 0.4) is 0 Å². The Bertz CT molecular complexity index is 474. The minimum atomic E-state index is -0.961. The average molecular weight is 255 g/mol. The Morgan fingerprint density at radius 2 is 2.17 bits per heavy atom. The normalized spacial score (nSPS) is 24.1. The molecule has 98 valence electrons. The van der Waals surface area contributed by atoms with Crippen LogP contribution in [0, 0.1) is 11.6 Å². The lowest BCUT2D eigenvalue weighted by molar-refractivity contribution is -0.0109. The number of halogens is 2. The van der Waals surface area contributed by atoms with Gasteiger partial charge < -0.3 is 10.0 Å². The molecular weight excluding hydrogens is 240 g/mol. The first-order valence-corrected chi connectivity index (χ1v) is 5.86. The van der Waals surface area contributed by atoms with E-state index in [0.29, 0.717) is 19.4 Å². The van der Waals surface area contributed by atoms with Gasteiger partial charge in [0.1, 0.15) is 11.6 Å². The standard InChI is InChI=1S/C13H15F2NO2/c1-13(18)5-2-6-16(8-13)12(17)10-7-9(14)3-4-11(10)15/h3-4,7,18H,2,5-6,8H2,1H3. The molecule has 1 atom stereocenters. The van der Waals surface area contributed by atoms with Crippen molar-refractivity contribution < 1.29 is 18.7 Å². The van der Waals surface area contributed by atoms with Crippen molar-refractivity contribution in [3.63, 3.8) is 0 Å². The van der Waals surface area contributed by atoms with Crippen LogP contribution in [0.5, 0.6) is 0 Å². The molecule has 1 amide bonds. The molecule has 18 heavy (non-hydrogen) atoms. The molecule has 0 spiro atoms. The fourth-order valence-electron chi connectivity index (χ4n) is 2.23. The van der Waals surface area contributed by atoms with Gasteiger partial charge >= 0.3 is 0 Å². The minimum absolute atomic E-state index is 0.141. The fraction of sp³-hybridized carbons (Fsp3) is 0.462. The third kappa shape index (κ3) is 2.67. The quantitative estimate of drug-likeness (QED) is 0.833. The molecule has 1 aromatic rings. The average Bonchev–Trinajstić information content (AvgIpc) is 2.30. The molecule has 1 unspecified atom stereocenters. The zero-order valence-electron chi connectivity index (χ0n) is 10.1. The van der Waals surface area contributed by atoms with E-state index >= 15 is 0 Å². The highest BCUT2D eigenvalue weighted by Crippen LogP contribution is 2.22. The van der Waals surface area contributed by atoms with Crippen molar-refractivity contribution in [2.24, 2.45) is 0 Å². The molecule has 0 saturated carbocycles. The Balaban J connectivity index is 2.23. The van der Waals surface area contributed by atoms with Crippen LogP contribution in [0.4, 0.5) is 8.78 Å². The van der Waals surface area contributed by atoms with E-state index in [9.17, 15) is 18.7 Å². The predicted octanol–water partition coefficient (Wildman–Crippen LogP) is 1.95. The molecule has 1 aliphatic rings. The molecule has 0 radical (unpaired) electrons. The lowest BCUT2D eigenvalue weighted by Gasteiger charge is -2.36. The SMILES string of the molecule is CC1(O)CCCN(C(=O)c2cc(F)ccc2F)C1. The van der Waals surface area contributed by atoms with Crippen LogP contribution in [0.2, 0.25) is 0 Å². The number of carbonyl (C=O) groups is 1. The Morgan fingerprint density at radius 1 is 1.44 bits per heavy atom. The summed E-state index contributed by atoms with van der Waals surface area (Å²) in [5, 5.41) is 9.90. The van der Waals surface area contributed by atoms with Crippen LogP contribution in [0.15, 0.2) is 18.2 Å². The van der Waals surface area contributed by atoms with Crippen molar-refractivity contribution in [1.82, 2.24) is 4.90 Å². The molecule has 0 aliphatic carbocycles. The molecule has 1 saturated heterocycles. The van der Waals surface area contributed by atoms with E-state index in [1.807, 2.05) is 0 Å². The van der Waals surface area contributed by atoms with Gasteiger partial charge in [-0.3, -0.25) is 4.79 Å². The van der Waals surface area contributed by atoms with Crippen molar-refractivity contribution in [3.05, 3.63) is 35.4 Å². The second-order valence-corrected chi connectivity index (χ2v) is 4.95. The highest BCUT2D eigenvalue weighted by molar-refractivity contribution is 5.94. The van der Waals surface area contributed by atoms with Gasteiger partial charge in [-0.15, -0.1) is 0 Å². The topological polar surface area (TPSA) is 40.5 Å². The summed E-state index contributed by atoms with van der Waals surface area (Å²) in [5.41, 5.74) is -1.25. The van der Waals surface area contributed by atoms with Gasteiger partial charge in [-0.2, -0.15) is 0 Å². The van der Waals surface area contributed by atoms with Crippen molar-refractivity contribution >= 4 is 5.91 Å². The van der Waals surface area contributed by atoms with Crippen molar-refractivity contribution in [1.29, 1.82) is 0 Å². The van der Waals surface area contributed by atoms with Crippen molar-refractivity contribution in [2.75, 3.05) is 13.1 Å². The number of rotatable bonds is 1. The smallest absolute Gasteiger partial charge is 0.257 e. The number of piperidine rings is 1. The van der Waals surface area contributed by atoms with Crippen LogP contribution in [-0.2, 0) is 0 Å². The molecule has 0 aromatic heterocycles. The maximum Gasteiger partial charge on any atom is 0.257 e. The van der Waals surface area contributed by atoms with Gasteiger partial charge in [0.15, 0.2) is 0 Å². The lowest BCUT2D eigenvalue weighted by atomic mass is 9.94. The minimum Gasteiger partial charge on any atom is -0.388 e. The lowest BCUT2D eigenvalue weighted by Crippen LogP contribution is -2.48. The zero-order chi connectivity index (χ0) is 13.3. The first-order valence-electron chi connectivity index (χ1n) is 5.86. The summed E-state index contributed by atoms with van der Waals surface area (Å²) in [4.78, 5) is 13.4. The van der Waals surface area contributed by atoms with E-state index < -0.39 is 23.1 Å². The molecule has 3 nitrogen and oxygen atoms in total. The van der Waals surface area contributed by atoms with Gasteiger partial charge in [0.2, 0.25) is 0 Å². The van der Waals surface area contributed by atoms with Crippen molar-refractivity contribution in [2.45, 2.75) is 25.4 Å². The number of aliphatic hydroxyl groups is 1. The van der Waals surface area contributed by atoms with Crippen LogP contribution >= 0.6 is 0 Å². The Hall–Kier alpha value is -1.49. The second-order valence-electron chi connectivity index (χ2n) is 4.95. The van der Waals surface area contributed by atoms with E-state index in [4.69, 9.17) is 0 Å². The first kappa shape index (κ1) is 13.0. The molecule has 1 fully saturated rings. The third-order valence-electron chi connectivity index (χ3n) is 3.12. The van der Waals surface area contributed by atoms with Crippen LogP contribution < -0.4 is 0 Å². The van der Waals surface area contributed by atoms with E-state index in [0.717, 1.165) is 18.2 Å². The first-order chi connectivity index (χ1) is 8.39. The number of hydrogen-bond acceptors (Lipinski definition) is 2. The monoisotopic (exact) mass is 255 g/mol. The molecule has 1 aliphatic heterocycles. The van der Waals surface area contributed by atoms with Crippen molar-refractivity contribution in [3.8, 4) is 0 Å². The van der Waals surface area contributed by atoms with Gasteiger partial charge in [-0.1, -0.05) is 0 Å². The second kappa shape index (κ2) is 4.65. The highest BCUT2D eigenvalue weighted by atomic mass is 19.1. The number of amides is 1. The van der Waals surface area contributed by atoms with Crippen LogP contribution in [0.25, 0.3) is 0 Å². The molecule has 5 heteroatoms. The molecular formula is C13H15F2NO2. The molecule has 1 heterocycles. The molecule has 1 aromatic carbocycles. The molecule has 2 rings (SSSR count). The highest BCUT2D eigenvalue weighted by Gasteiger charge is 2.32. The van der Waals surface area contributed by atoms with Gasteiger partial charge in [-0.25, -0.2) is 8.78 Å². The summed E-state index contributed by atoms with van der Waals surface area (Å²) < 4.78 is 26.5. The van der Waals surface area contributed by atoms with Gasteiger partial charge in [0.25, 0.3) is 5.91 Å². The molecule has 0 bridgehead atoms. The number of hydrogen-bond donors (Lipinski definition) is 1. The van der Waals surface area contributed by atoms with Crippen LogP contribution in [0.1, 0.15) is 30.1 Å². The van der Waals surface area contributed by atoms with E-state index in [1.54, 1.807) is 6.92 Å². The number of nitrogens with zero attached hydrogens (tertiary/aromatic N) is 1. The number of carbonyl (C=O) groups excluding carboxylic acids is 1. The fourth-order valence-corrected chi connectivity index (χ4v) is 2.23. The summed E-state index contributed by atoms with van der Waals surface area (Å²) in [6.07, 6.45) is 1.25. The van der Waals surface area contributed by atoms with E-state index in [-0.39, 0.29) is 12.1 Å². The van der Waals surface area contributed by atoms with Gasteiger partial charge in [-0.05, 0) is 38.0 Å². The molecule has 1 N–H and O–H groups in total. The third-order valence-corrected chi connectivity index (χ3v) is 3.12. The zero-order valence-corrected chi connectivity index (χ0v) is 10.1.